The topological polar surface area (TPSA) is 69.8 Å². The number of anilines is 1. The van der Waals surface area contributed by atoms with Crippen LogP contribution in [0.25, 0.3) is 11.0 Å². The van der Waals surface area contributed by atoms with Gasteiger partial charge in [-0.15, -0.1) is 0 Å². The van der Waals surface area contributed by atoms with Gasteiger partial charge in [0.05, 0.1) is 17.1 Å². The fraction of sp³-hybridized carbons (Fsp3) is 0.529. The highest BCUT2D eigenvalue weighted by atomic mass is 16.2. The first kappa shape index (κ1) is 13.8. The van der Waals surface area contributed by atoms with E-state index in [0.29, 0.717) is 5.92 Å². The van der Waals surface area contributed by atoms with E-state index in [2.05, 4.69) is 20.6 Å². The van der Waals surface area contributed by atoms with E-state index >= 15 is 0 Å². The number of nitrogens with one attached hydrogen (secondary N) is 3. The lowest BCUT2D eigenvalue weighted by molar-refractivity contribution is -0.118. The van der Waals surface area contributed by atoms with E-state index in [-0.39, 0.29) is 11.9 Å². The number of H-pyrrole nitrogens is 1. The minimum atomic E-state index is -0.0586. The monoisotopic (exact) mass is 298 g/mol. The van der Waals surface area contributed by atoms with Crippen molar-refractivity contribution in [2.45, 2.75) is 50.5 Å². The van der Waals surface area contributed by atoms with Crippen LogP contribution in [-0.2, 0) is 4.79 Å². The van der Waals surface area contributed by atoms with Crippen molar-refractivity contribution in [3.05, 3.63) is 24.0 Å². The number of nitrogens with zero attached hydrogens (tertiary/aromatic N) is 1. The number of benzene rings is 1. The number of carbonyl (C=O) groups excluding carboxylic acids is 1. The van der Waals surface area contributed by atoms with Gasteiger partial charge in [0.2, 0.25) is 5.91 Å². The highest BCUT2D eigenvalue weighted by Crippen LogP contribution is 2.35. The second kappa shape index (κ2) is 5.72. The van der Waals surface area contributed by atoms with Crippen LogP contribution < -0.4 is 10.6 Å². The number of hydrogen-bond acceptors (Lipinski definition) is 3. The molecule has 0 bridgehead atoms. The van der Waals surface area contributed by atoms with Gasteiger partial charge in [-0.2, -0.15) is 0 Å². The van der Waals surface area contributed by atoms with Crippen molar-refractivity contribution in [1.29, 1.82) is 0 Å². The van der Waals surface area contributed by atoms with E-state index in [1.54, 1.807) is 0 Å². The second-order valence-electron chi connectivity index (χ2n) is 6.47. The van der Waals surface area contributed by atoms with Crippen LogP contribution in [0.3, 0.4) is 0 Å². The molecule has 2 aliphatic rings. The first-order valence-corrected chi connectivity index (χ1v) is 8.33. The molecular weight excluding hydrogens is 276 g/mol. The number of piperidine rings is 1. The highest BCUT2D eigenvalue weighted by molar-refractivity contribution is 5.96. The molecule has 1 saturated carbocycles. The fourth-order valence-electron chi connectivity index (χ4n) is 3.29. The summed E-state index contributed by atoms with van der Waals surface area (Å²) in [5.41, 5.74) is 2.83. The van der Waals surface area contributed by atoms with Gasteiger partial charge in [-0.3, -0.25) is 4.79 Å². The first-order valence-electron chi connectivity index (χ1n) is 8.33. The predicted molar refractivity (Wildman–Crippen MR) is 87.0 cm³/mol. The van der Waals surface area contributed by atoms with E-state index in [1.165, 1.54) is 19.3 Å². The zero-order valence-corrected chi connectivity index (χ0v) is 12.7. The Balaban J connectivity index is 1.50. The van der Waals surface area contributed by atoms with E-state index in [4.69, 9.17) is 0 Å². The molecule has 1 aromatic carbocycles. The third kappa shape index (κ3) is 2.61. The van der Waals surface area contributed by atoms with Gasteiger partial charge >= 0.3 is 0 Å². The molecule has 0 radical (unpaired) electrons. The lowest BCUT2D eigenvalue weighted by Gasteiger charge is -2.22. The maximum atomic E-state index is 12.3. The number of carbonyl (C=O) groups is 1. The smallest absolute Gasteiger partial charge is 0.241 e. The van der Waals surface area contributed by atoms with Crippen molar-refractivity contribution < 1.29 is 4.79 Å². The molecule has 0 spiro atoms. The molecule has 1 aromatic heterocycles. The first-order chi connectivity index (χ1) is 10.8. The molecule has 3 N–H and O–H groups in total. The van der Waals surface area contributed by atoms with Crippen LogP contribution in [-0.4, -0.2) is 28.5 Å². The molecule has 116 valence electrons. The number of aromatic nitrogens is 2. The molecule has 22 heavy (non-hydrogen) atoms. The van der Waals surface area contributed by atoms with Gasteiger partial charge in [0.15, 0.2) is 0 Å². The van der Waals surface area contributed by atoms with E-state index in [1.807, 2.05) is 18.2 Å². The van der Waals surface area contributed by atoms with Crippen LogP contribution in [0.1, 0.15) is 50.3 Å². The lowest BCUT2D eigenvalue weighted by Crippen LogP contribution is -2.43. The molecule has 1 aliphatic heterocycles. The number of imidazole rings is 1. The molecule has 2 aromatic rings. The van der Waals surface area contributed by atoms with Crippen LogP contribution in [0.5, 0.6) is 0 Å². The Morgan fingerprint density at radius 2 is 2.09 bits per heavy atom. The van der Waals surface area contributed by atoms with Crippen molar-refractivity contribution in [3.63, 3.8) is 0 Å². The standard InChI is InChI=1S/C17H22N4O/c22-17(14-6-1-2-9-18-14)19-12-7-8-13-15(10-12)21-16(20-13)11-4-3-5-11/h7-8,10-11,14,18H,1-6,9H2,(H,19,22)(H,20,21)/t14-/m1/s1. The molecule has 1 atom stereocenters. The predicted octanol–water partition coefficient (Wildman–Crippen LogP) is 2.91. The zero-order chi connectivity index (χ0) is 14.9. The Kier molecular flexibility index (Phi) is 3.58. The average Bonchev–Trinajstić information content (AvgIpc) is 2.88. The van der Waals surface area contributed by atoms with Gasteiger partial charge in [-0.25, -0.2) is 4.98 Å². The summed E-state index contributed by atoms with van der Waals surface area (Å²) < 4.78 is 0. The number of aromatic amines is 1. The van der Waals surface area contributed by atoms with Crippen molar-refractivity contribution in [2.24, 2.45) is 0 Å². The Morgan fingerprint density at radius 1 is 1.18 bits per heavy atom. The van der Waals surface area contributed by atoms with Gasteiger partial charge in [-0.05, 0) is 50.4 Å². The summed E-state index contributed by atoms with van der Waals surface area (Å²) in [7, 11) is 0. The number of hydrogen-bond donors (Lipinski definition) is 3. The Hall–Kier alpha value is -1.88. The minimum Gasteiger partial charge on any atom is -0.342 e. The zero-order valence-electron chi connectivity index (χ0n) is 12.7. The molecule has 1 amide bonds. The van der Waals surface area contributed by atoms with E-state index in [9.17, 15) is 4.79 Å². The van der Waals surface area contributed by atoms with Gasteiger partial charge in [0.25, 0.3) is 0 Å². The quantitative estimate of drug-likeness (QED) is 0.816. The highest BCUT2D eigenvalue weighted by Gasteiger charge is 2.23. The average molecular weight is 298 g/mol. The summed E-state index contributed by atoms with van der Waals surface area (Å²) in [5, 5.41) is 6.30. The van der Waals surface area contributed by atoms with Crippen LogP contribution >= 0.6 is 0 Å². The van der Waals surface area contributed by atoms with Crippen molar-refractivity contribution >= 4 is 22.6 Å². The third-order valence-electron chi connectivity index (χ3n) is 4.89. The lowest BCUT2D eigenvalue weighted by atomic mass is 9.85. The molecule has 5 nitrogen and oxygen atoms in total. The maximum absolute atomic E-state index is 12.3. The van der Waals surface area contributed by atoms with E-state index in [0.717, 1.165) is 48.4 Å². The van der Waals surface area contributed by atoms with Gasteiger partial charge < -0.3 is 15.6 Å². The van der Waals surface area contributed by atoms with Crippen LogP contribution in [0, 0.1) is 0 Å². The van der Waals surface area contributed by atoms with Crippen molar-refractivity contribution in [2.75, 3.05) is 11.9 Å². The maximum Gasteiger partial charge on any atom is 0.241 e. The van der Waals surface area contributed by atoms with Crippen LogP contribution in [0.4, 0.5) is 5.69 Å². The minimum absolute atomic E-state index is 0.0586. The molecule has 0 unspecified atom stereocenters. The fourth-order valence-corrected chi connectivity index (χ4v) is 3.29. The van der Waals surface area contributed by atoms with Gasteiger partial charge in [0, 0.05) is 11.6 Å². The number of amides is 1. The Labute approximate surface area is 129 Å². The van der Waals surface area contributed by atoms with Gasteiger partial charge in [0.1, 0.15) is 5.82 Å². The normalized spacial score (nSPS) is 22.5. The number of rotatable bonds is 3. The summed E-state index contributed by atoms with van der Waals surface area (Å²) >= 11 is 0. The molecule has 2 fully saturated rings. The molecule has 5 heteroatoms. The SMILES string of the molecule is O=C(Nc1ccc2nc(C3CCC3)[nH]c2c1)[C@H]1CCCCN1. The largest absolute Gasteiger partial charge is 0.342 e. The summed E-state index contributed by atoms with van der Waals surface area (Å²) in [6.45, 7) is 0.933. The van der Waals surface area contributed by atoms with Gasteiger partial charge in [-0.1, -0.05) is 12.8 Å². The van der Waals surface area contributed by atoms with Crippen molar-refractivity contribution in [1.82, 2.24) is 15.3 Å². The Morgan fingerprint density at radius 3 is 2.82 bits per heavy atom. The molecule has 4 rings (SSSR count). The molecule has 1 saturated heterocycles. The molecule has 1 aliphatic carbocycles. The third-order valence-corrected chi connectivity index (χ3v) is 4.89. The summed E-state index contributed by atoms with van der Waals surface area (Å²) in [4.78, 5) is 20.3. The molecule has 2 heterocycles. The summed E-state index contributed by atoms with van der Waals surface area (Å²) in [6, 6.07) is 5.86. The van der Waals surface area contributed by atoms with Crippen LogP contribution in [0.15, 0.2) is 18.2 Å². The second-order valence-corrected chi connectivity index (χ2v) is 6.47. The van der Waals surface area contributed by atoms with Crippen molar-refractivity contribution in [3.8, 4) is 0 Å². The molecular formula is C17H22N4O. The number of fused-ring (bicyclic) bond motifs is 1. The van der Waals surface area contributed by atoms with Crippen LogP contribution in [0.2, 0.25) is 0 Å². The Bertz CT molecular complexity index is 683. The summed E-state index contributed by atoms with van der Waals surface area (Å²) in [6.07, 6.45) is 6.97. The summed E-state index contributed by atoms with van der Waals surface area (Å²) in [5.74, 6) is 1.76. The van der Waals surface area contributed by atoms with E-state index < -0.39 is 0 Å².